The first kappa shape index (κ1) is 10.7. The molecule has 0 atom stereocenters. The van der Waals surface area contributed by atoms with Crippen molar-refractivity contribution in [3.05, 3.63) is 35.9 Å². The highest BCUT2D eigenvalue weighted by molar-refractivity contribution is 5.24. The lowest BCUT2D eigenvalue weighted by Gasteiger charge is -2.33. The normalized spacial score (nSPS) is 10.3. The van der Waals surface area contributed by atoms with E-state index in [9.17, 15) is 0 Å². The minimum atomic E-state index is -0.0374. The van der Waals surface area contributed by atoms with Crippen LogP contribution in [0.15, 0.2) is 30.3 Å². The van der Waals surface area contributed by atoms with Gasteiger partial charge in [-0.25, -0.2) is 0 Å². The van der Waals surface area contributed by atoms with Crippen molar-refractivity contribution in [3.8, 4) is 12.0 Å². The lowest BCUT2D eigenvalue weighted by atomic mass is 9.93. The Morgan fingerprint density at radius 3 is 2.21 bits per heavy atom. The van der Waals surface area contributed by atoms with Crippen molar-refractivity contribution in [2.45, 2.75) is 26.3 Å². The Morgan fingerprint density at radius 1 is 1.14 bits per heavy atom. The third-order valence-electron chi connectivity index (χ3n) is 2.60. The zero-order chi connectivity index (χ0) is 10.6. The lowest BCUT2D eigenvalue weighted by Crippen LogP contribution is -2.34. The second-order valence-corrected chi connectivity index (χ2v) is 3.85. The van der Waals surface area contributed by atoms with E-state index in [4.69, 9.17) is 0 Å². The van der Waals surface area contributed by atoms with E-state index in [0.717, 1.165) is 0 Å². The molecule has 0 amide bonds. The number of nitrogens with zero attached hydrogens (tertiary/aromatic N) is 1. The van der Waals surface area contributed by atoms with Gasteiger partial charge in [0.05, 0.1) is 5.54 Å². The quantitative estimate of drug-likeness (QED) is 0.508. The van der Waals surface area contributed by atoms with Crippen LogP contribution in [0, 0.1) is 12.0 Å². The fraction of sp³-hybridized carbons (Fsp3) is 0.385. The molecule has 0 saturated heterocycles. The van der Waals surface area contributed by atoms with Gasteiger partial charge in [0.25, 0.3) is 0 Å². The summed E-state index contributed by atoms with van der Waals surface area (Å²) in [7, 11) is 2.02. The van der Waals surface area contributed by atoms with E-state index in [1.54, 1.807) is 0 Å². The van der Waals surface area contributed by atoms with Crippen LogP contribution in [0.1, 0.15) is 26.3 Å². The van der Waals surface area contributed by atoms with E-state index in [-0.39, 0.29) is 5.54 Å². The molecule has 0 aromatic heterocycles. The van der Waals surface area contributed by atoms with Crippen molar-refractivity contribution in [2.24, 2.45) is 0 Å². The summed E-state index contributed by atoms with van der Waals surface area (Å²) < 4.78 is 0. The third kappa shape index (κ3) is 2.09. The van der Waals surface area contributed by atoms with Gasteiger partial charge in [0, 0.05) is 13.1 Å². The molecule has 1 aromatic carbocycles. The van der Waals surface area contributed by atoms with Crippen LogP contribution in [0.5, 0.6) is 0 Å². The third-order valence-corrected chi connectivity index (χ3v) is 2.60. The number of rotatable bonds is 2. The van der Waals surface area contributed by atoms with Crippen LogP contribution in [0.25, 0.3) is 0 Å². The largest absolute Gasteiger partial charge is 0.326 e. The molecule has 1 aromatic rings. The van der Waals surface area contributed by atoms with Gasteiger partial charge in [-0.2, -0.15) is 0 Å². The topological polar surface area (TPSA) is 3.24 Å². The Labute approximate surface area is 86.7 Å². The minimum Gasteiger partial charge on any atom is -0.326 e. The molecule has 0 radical (unpaired) electrons. The fourth-order valence-corrected chi connectivity index (χ4v) is 1.35. The number of hydrogen-bond acceptors (Lipinski definition) is 1. The van der Waals surface area contributed by atoms with E-state index in [0.29, 0.717) is 0 Å². The summed E-state index contributed by atoms with van der Waals surface area (Å²) >= 11 is 0. The maximum Gasteiger partial charge on any atom is 0.0669 e. The molecule has 0 aliphatic rings. The van der Waals surface area contributed by atoms with Crippen LogP contribution in [-0.2, 0) is 5.54 Å². The monoisotopic (exact) mass is 187 g/mol. The molecular weight excluding hydrogens is 170 g/mol. The molecule has 74 valence electrons. The molecule has 0 N–H and O–H groups in total. The van der Waals surface area contributed by atoms with Crippen molar-refractivity contribution in [3.63, 3.8) is 0 Å². The van der Waals surface area contributed by atoms with Crippen molar-refractivity contribution in [2.75, 3.05) is 7.05 Å². The van der Waals surface area contributed by atoms with Crippen LogP contribution in [0.3, 0.4) is 0 Å². The summed E-state index contributed by atoms with van der Waals surface area (Å²) in [5.41, 5.74) is 1.25. The second-order valence-electron chi connectivity index (χ2n) is 3.85. The van der Waals surface area contributed by atoms with Gasteiger partial charge in [-0.3, -0.25) is 0 Å². The highest BCUT2D eigenvalue weighted by Gasteiger charge is 2.23. The standard InChI is InChI=1S/C13H17N/c1-5-11-14(4)13(2,3)12-9-7-6-8-10-12/h6-10H,1-4H3. The maximum atomic E-state index is 3.07. The van der Waals surface area contributed by atoms with Gasteiger partial charge in [-0.1, -0.05) is 36.3 Å². The van der Waals surface area contributed by atoms with Gasteiger partial charge in [0.2, 0.25) is 0 Å². The van der Waals surface area contributed by atoms with Crippen LogP contribution in [0.4, 0.5) is 0 Å². The van der Waals surface area contributed by atoms with E-state index in [2.05, 4.69) is 50.1 Å². The molecule has 1 nitrogen and oxygen atoms in total. The first-order valence-electron chi connectivity index (χ1n) is 4.81. The van der Waals surface area contributed by atoms with Crippen LogP contribution >= 0.6 is 0 Å². The van der Waals surface area contributed by atoms with Crippen molar-refractivity contribution in [1.29, 1.82) is 0 Å². The molecule has 1 heteroatoms. The van der Waals surface area contributed by atoms with E-state index >= 15 is 0 Å². The molecule has 0 aliphatic heterocycles. The smallest absolute Gasteiger partial charge is 0.0669 e. The molecule has 0 saturated carbocycles. The van der Waals surface area contributed by atoms with E-state index < -0.39 is 0 Å². The van der Waals surface area contributed by atoms with Gasteiger partial charge in [0.15, 0.2) is 0 Å². The molecule has 1 rings (SSSR count). The van der Waals surface area contributed by atoms with E-state index in [1.165, 1.54) is 5.56 Å². The molecular formula is C13H17N. The SMILES string of the molecule is CC#CN(C)C(C)(C)c1ccccc1. The second kappa shape index (κ2) is 4.19. The molecule has 14 heavy (non-hydrogen) atoms. The van der Waals surface area contributed by atoms with E-state index in [1.807, 2.05) is 24.9 Å². The highest BCUT2D eigenvalue weighted by atomic mass is 15.1. The Bertz CT molecular complexity index is 340. The molecule has 0 spiro atoms. The predicted molar refractivity (Wildman–Crippen MR) is 60.7 cm³/mol. The average molecular weight is 187 g/mol. The Kier molecular flexibility index (Phi) is 3.19. The summed E-state index contributed by atoms with van der Waals surface area (Å²) in [6, 6.07) is 13.5. The first-order chi connectivity index (χ1) is 6.59. The van der Waals surface area contributed by atoms with Crippen molar-refractivity contribution in [1.82, 2.24) is 4.90 Å². The fourth-order valence-electron chi connectivity index (χ4n) is 1.35. The van der Waals surface area contributed by atoms with Gasteiger partial charge in [-0.15, -0.1) is 0 Å². The molecule has 0 heterocycles. The number of benzene rings is 1. The average Bonchev–Trinajstić information content (AvgIpc) is 2.19. The Hall–Kier alpha value is -1.42. The number of hydrogen-bond donors (Lipinski definition) is 0. The lowest BCUT2D eigenvalue weighted by molar-refractivity contribution is 0.244. The minimum absolute atomic E-state index is 0.0374. The molecule has 0 fully saturated rings. The summed E-state index contributed by atoms with van der Waals surface area (Å²) in [5, 5.41) is 0. The zero-order valence-electron chi connectivity index (χ0n) is 9.33. The molecule has 0 unspecified atom stereocenters. The van der Waals surface area contributed by atoms with Crippen molar-refractivity contribution < 1.29 is 0 Å². The van der Waals surface area contributed by atoms with Crippen LogP contribution in [0.2, 0.25) is 0 Å². The van der Waals surface area contributed by atoms with Crippen LogP contribution < -0.4 is 0 Å². The van der Waals surface area contributed by atoms with Crippen molar-refractivity contribution >= 4 is 0 Å². The van der Waals surface area contributed by atoms with Gasteiger partial charge >= 0.3 is 0 Å². The summed E-state index contributed by atoms with van der Waals surface area (Å²) in [6.45, 7) is 6.21. The Morgan fingerprint density at radius 2 is 1.71 bits per heavy atom. The molecule has 0 bridgehead atoms. The van der Waals surface area contributed by atoms with Gasteiger partial charge < -0.3 is 4.90 Å². The highest BCUT2D eigenvalue weighted by Crippen LogP contribution is 2.25. The summed E-state index contributed by atoms with van der Waals surface area (Å²) in [4.78, 5) is 2.04. The predicted octanol–water partition coefficient (Wildman–Crippen LogP) is 2.83. The maximum absolute atomic E-state index is 3.07. The van der Waals surface area contributed by atoms with Gasteiger partial charge in [-0.05, 0) is 26.3 Å². The first-order valence-corrected chi connectivity index (χ1v) is 4.81. The summed E-state index contributed by atoms with van der Waals surface area (Å²) in [6.07, 6.45) is 0. The summed E-state index contributed by atoms with van der Waals surface area (Å²) in [5.74, 6) is 2.92. The van der Waals surface area contributed by atoms with Crippen LogP contribution in [-0.4, -0.2) is 11.9 Å². The molecule has 0 aliphatic carbocycles. The van der Waals surface area contributed by atoms with Gasteiger partial charge in [0.1, 0.15) is 0 Å². The zero-order valence-corrected chi connectivity index (χ0v) is 9.33. The Balaban J connectivity index is 2.99.